The smallest absolute Gasteiger partial charge is 0.0991 e. The van der Waals surface area contributed by atoms with Crippen molar-refractivity contribution >= 4 is 64.8 Å². The number of aromatic nitrogens is 1. The van der Waals surface area contributed by atoms with Crippen LogP contribution in [0.4, 0.5) is 0 Å². The van der Waals surface area contributed by atoms with E-state index < -0.39 is 0 Å². The molecule has 1 heterocycles. The Bertz CT molecular complexity index is 2550. The average Bonchev–Trinajstić information content (AvgIpc) is 3.06. The van der Waals surface area contributed by atoms with Gasteiger partial charge in [-0.1, -0.05) is 109 Å². The van der Waals surface area contributed by atoms with Crippen LogP contribution in [0.1, 0.15) is 5.56 Å². The first-order chi connectivity index (χ1) is 20.8. The van der Waals surface area contributed by atoms with Crippen LogP contribution < -0.4 is 0 Å². The average molecular weight is 531 g/mol. The van der Waals surface area contributed by atoms with Gasteiger partial charge in [0.1, 0.15) is 0 Å². The molecule has 0 N–H and O–H groups in total. The Morgan fingerprint density at radius 3 is 1.90 bits per heavy atom. The monoisotopic (exact) mass is 530 g/mol. The highest BCUT2D eigenvalue weighted by molar-refractivity contribution is 6.29. The summed E-state index contributed by atoms with van der Waals surface area (Å²) >= 11 is 0. The number of pyridine rings is 1. The molecule has 9 aromatic rings. The van der Waals surface area contributed by atoms with Crippen LogP contribution in [-0.4, -0.2) is 4.98 Å². The Hall–Kier alpha value is -5.78. The Kier molecular flexibility index (Phi) is 4.71. The maximum Gasteiger partial charge on any atom is 0.0991 e. The largest absolute Gasteiger partial charge is 0.247 e. The van der Waals surface area contributed by atoms with Gasteiger partial charge in [0.15, 0.2) is 0 Å². The van der Waals surface area contributed by atoms with Crippen molar-refractivity contribution in [2.24, 2.45) is 0 Å². The van der Waals surface area contributed by atoms with Crippen molar-refractivity contribution in [3.8, 4) is 28.5 Å². The van der Waals surface area contributed by atoms with E-state index in [0.717, 1.165) is 27.5 Å². The molecule has 0 bridgehead atoms. The van der Waals surface area contributed by atoms with Gasteiger partial charge in [0.25, 0.3) is 0 Å². The molecule has 0 aliphatic heterocycles. The number of nitrogens with zero attached hydrogens (tertiary/aromatic N) is 2. The Morgan fingerprint density at radius 2 is 1.12 bits per heavy atom. The maximum atomic E-state index is 9.42. The van der Waals surface area contributed by atoms with Crippen LogP contribution >= 0.6 is 0 Å². The van der Waals surface area contributed by atoms with Crippen LogP contribution in [0.15, 0.2) is 133 Å². The van der Waals surface area contributed by atoms with Crippen LogP contribution in [-0.2, 0) is 0 Å². The minimum atomic E-state index is 0.642. The minimum absolute atomic E-state index is 0.642. The lowest BCUT2D eigenvalue weighted by molar-refractivity contribution is 1.42. The predicted octanol–water partition coefficient (Wildman–Crippen LogP) is 10.6. The summed E-state index contributed by atoms with van der Waals surface area (Å²) in [5, 5.41) is 23.0. The quantitative estimate of drug-likeness (QED) is 0.208. The van der Waals surface area contributed by atoms with Crippen molar-refractivity contribution in [3.63, 3.8) is 0 Å². The zero-order chi connectivity index (χ0) is 27.8. The molecule has 0 saturated carbocycles. The molecule has 0 radical (unpaired) electrons. The summed E-state index contributed by atoms with van der Waals surface area (Å²) in [5.41, 5.74) is 5.95. The fraction of sp³-hybridized carbons (Fsp3) is 0. The van der Waals surface area contributed by atoms with Crippen LogP contribution in [0.5, 0.6) is 0 Å². The molecule has 2 heteroatoms. The lowest BCUT2D eigenvalue weighted by atomic mass is 9.86. The first-order valence-corrected chi connectivity index (χ1v) is 14.2. The Labute approximate surface area is 242 Å². The van der Waals surface area contributed by atoms with Gasteiger partial charge in [-0.2, -0.15) is 5.26 Å². The molecular formula is C40H22N2. The van der Waals surface area contributed by atoms with E-state index in [4.69, 9.17) is 4.98 Å². The zero-order valence-corrected chi connectivity index (χ0v) is 22.6. The molecule has 9 rings (SSSR count). The van der Waals surface area contributed by atoms with Crippen LogP contribution in [0, 0.1) is 11.3 Å². The van der Waals surface area contributed by atoms with Crippen molar-refractivity contribution < 1.29 is 0 Å². The van der Waals surface area contributed by atoms with Gasteiger partial charge in [0.05, 0.1) is 22.8 Å². The van der Waals surface area contributed by atoms with Crippen molar-refractivity contribution in [2.45, 2.75) is 0 Å². The molecule has 2 nitrogen and oxygen atoms in total. The summed E-state index contributed by atoms with van der Waals surface area (Å²) in [6.07, 6.45) is 0. The highest BCUT2D eigenvalue weighted by Gasteiger charge is 2.19. The van der Waals surface area contributed by atoms with Gasteiger partial charge in [-0.3, -0.25) is 0 Å². The maximum absolute atomic E-state index is 9.42. The van der Waals surface area contributed by atoms with E-state index >= 15 is 0 Å². The summed E-state index contributed by atoms with van der Waals surface area (Å²) in [4.78, 5) is 5.22. The second kappa shape index (κ2) is 8.61. The Morgan fingerprint density at radius 1 is 0.452 bits per heavy atom. The molecule has 42 heavy (non-hydrogen) atoms. The topological polar surface area (TPSA) is 36.7 Å². The molecule has 8 aromatic carbocycles. The second-order valence-electron chi connectivity index (χ2n) is 11.0. The highest BCUT2D eigenvalue weighted by atomic mass is 14.7. The summed E-state index contributed by atoms with van der Waals surface area (Å²) in [6, 6.07) is 49.7. The SMILES string of the molecule is N#Cc1ccc(-c2nc3ccccc3c3c2cc(-c2ccc4ccc5cccc6ccc2c4c56)c2ccccc23)cc1. The number of hydrogen-bond donors (Lipinski definition) is 0. The van der Waals surface area contributed by atoms with Gasteiger partial charge in [0.2, 0.25) is 0 Å². The number of fused-ring (bicyclic) bond motifs is 5. The van der Waals surface area contributed by atoms with Gasteiger partial charge >= 0.3 is 0 Å². The normalized spacial score (nSPS) is 11.8. The van der Waals surface area contributed by atoms with Crippen LogP contribution in [0.3, 0.4) is 0 Å². The molecule has 0 aliphatic carbocycles. The minimum Gasteiger partial charge on any atom is -0.247 e. The number of benzene rings is 8. The van der Waals surface area contributed by atoms with E-state index in [-0.39, 0.29) is 0 Å². The van der Waals surface area contributed by atoms with E-state index in [1.54, 1.807) is 0 Å². The molecule has 0 amide bonds. The van der Waals surface area contributed by atoms with Gasteiger partial charge in [-0.15, -0.1) is 0 Å². The van der Waals surface area contributed by atoms with E-state index in [9.17, 15) is 5.26 Å². The van der Waals surface area contributed by atoms with E-state index in [0.29, 0.717) is 5.56 Å². The molecule has 0 spiro atoms. The molecule has 0 saturated heterocycles. The van der Waals surface area contributed by atoms with Crippen molar-refractivity contribution in [2.75, 3.05) is 0 Å². The number of hydrogen-bond acceptors (Lipinski definition) is 2. The molecule has 0 unspecified atom stereocenters. The fourth-order valence-electron chi connectivity index (χ4n) is 6.93. The summed E-state index contributed by atoms with van der Waals surface area (Å²) in [6.45, 7) is 0. The number of para-hydroxylation sites is 1. The van der Waals surface area contributed by atoms with Crippen molar-refractivity contribution in [3.05, 3.63) is 139 Å². The van der Waals surface area contributed by atoms with Gasteiger partial charge in [-0.25, -0.2) is 4.98 Å². The van der Waals surface area contributed by atoms with Gasteiger partial charge in [0, 0.05) is 21.7 Å². The summed E-state index contributed by atoms with van der Waals surface area (Å²) in [5.74, 6) is 0. The molecule has 0 fully saturated rings. The lowest BCUT2D eigenvalue weighted by Crippen LogP contribution is -1.94. The molecule has 192 valence electrons. The molecular weight excluding hydrogens is 508 g/mol. The second-order valence-corrected chi connectivity index (χ2v) is 11.0. The summed E-state index contributed by atoms with van der Waals surface area (Å²) < 4.78 is 0. The van der Waals surface area contributed by atoms with Crippen molar-refractivity contribution in [1.29, 1.82) is 5.26 Å². The highest BCUT2D eigenvalue weighted by Crippen LogP contribution is 2.45. The van der Waals surface area contributed by atoms with Crippen LogP contribution in [0.25, 0.3) is 87.1 Å². The van der Waals surface area contributed by atoms with E-state index in [1.165, 1.54) is 59.6 Å². The number of rotatable bonds is 2. The van der Waals surface area contributed by atoms with Gasteiger partial charge < -0.3 is 0 Å². The fourth-order valence-corrected chi connectivity index (χ4v) is 6.93. The molecule has 0 atom stereocenters. The summed E-state index contributed by atoms with van der Waals surface area (Å²) in [7, 11) is 0. The predicted molar refractivity (Wildman–Crippen MR) is 176 cm³/mol. The number of nitriles is 1. The zero-order valence-electron chi connectivity index (χ0n) is 22.6. The third kappa shape index (κ3) is 3.17. The first-order valence-electron chi connectivity index (χ1n) is 14.2. The lowest BCUT2D eigenvalue weighted by Gasteiger charge is -2.18. The van der Waals surface area contributed by atoms with E-state index in [1.807, 2.05) is 30.3 Å². The van der Waals surface area contributed by atoms with Gasteiger partial charge in [-0.05, 0) is 78.5 Å². The first kappa shape index (κ1) is 23.0. The van der Waals surface area contributed by atoms with Crippen molar-refractivity contribution in [1.82, 2.24) is 4.98 Å². The molecule has 1 aromatic heterocycles. The molecule has 0 aliphatic rings. The third-order valence-electron chi connectivity index (χ3n) is 8.81. The van der Waals surface area contributed by atoms with Crippen LogP contribution in [0.2, 0.25) is 0 Å². The third-order valence-corrected chi connectivity index (χ3v) is 8.81. The van der Waals surface area contributed by atoms with E-state index in [2.05, 4.69) is 109 Å². The standard InChI is InChI=1S/C40H22N2/c41-23-24-12-14-28(15-13-24)40-35-22-34(29-8-1-2-9-31(29)39(35)33-10-3-4-11-36(33)42-40)30-20-18-27-17-16-25-6-5-7-26-19-21-32(30)38(27)37(25)26/h1-22H. The Balaban J connectivity index is 1.46.